The highest BCUT2D eigenvalue weighted by atomic mass is 16.2. The van der Waals surface area contributed by atoms with Gasteiger partial charge in [-0.15, -0.1) is 0 Å². The zero-order chi connectivity index (χ0) is 13.9. The van der Waals surface area contributed by atoms with Crippen LogP contribution in [0.1, 0.15) is 23.7 Å². The van der Waals surface area contributed by atoms with E-state index in [4.69, 9.17) is 0 Å². The van der Waals surface area contributed by atoms with E-state index in [0.29, 0.717) is 11.6 Å². The van der Waals surface area contributed by atoms with Crippen molar-refractivity contribution in [1.82, 2.24) is 15.2 Å². The molecule has 0 bridgehead atoms. The Morgan fingerprint density at radius 2 is 2.25 bits per heavy atom. The summed E-state index contributed by atoms with van der Waals surface area (Å²) in [4.78, 5) is 19.2. The van der Waals surface area contributed by atoms with E-state index in [1.54, 1.807) is 6.20 Å². The Morgan fingerprint density at radius 1 is 1.40 bits per heavy atom. The molecule has 4 heteroatoms. The number of likely N-dealkylation sites (N-methyl/N-ethyl adjacent to an activating group) is 1. The summed E-state index contributed by atoms with van der Waals surface area (Å²) in [5.74, 6) is 0.0884. The topological polar surface area (TPSA) is 45.2 Å². The van der Waals surface area contributed by atoms with Crippen LogP contribution in [0, 0.1) is 0 Å². The maximum Gasteiger partial charge on any atom is 0.256 e. The van der Waals surface area contributed by atoms with Crippen molar-refractivity contribution in [3.8, 4) is 0 Å². The summed E-state index contributed by atoms with van der Waals surface area (Å²) in [5, 5.41) is 4.33. The predicted molar refractivity (Wildman–Crippen MR) is 79.7 cm³/mol. The van der Waals surface area contributed by atoms with E-state index in [0.717, 1.165) is 37.0 Å². The molecular formula is C16H19N3O. The van der Waals surface area contributed by atoms with Gasteiger partial charge in [0.1, 0.15) is 0 Å². The number of fused-ring (bicyclic) bond motifs is 1. The number of rotatable bonds is 3. The number of carbonyl (C=O) groups is 1. The molecule has 1 amide bonds. The van der Waals surface area contributed by atoms with Gasteiger partial charge in [0.25, 0.3) is 5.91 Å². The van der Waals surface area contributed by atoms with Gasteiger partial charge in [-0.25, -0.2) is 0 Å². The highest BCUT2D eigenvalue weighted by molar-refractivity contribution is 6.05. The maximum atomic E-state index is 12.8. The second kappa shape index (κ2) is 5.59. The number of pyridine rings is 1. The minimum atomic E-state index is 0.0884. The molecule has 0 spiro atoms. The molecule has 4 nitrogen and oxygen atoms in total. The molecule has 0 aliphatic carbocycles. The Labute approximate surface area is 118 Å². The first kappa shape index (κ1) is 13.1. The Kier molecular flexibility index (Phi) is 3.65. The molecule has 1 saturated heterocycles. The molecule has 1 aromatic heterocycles. The molecule has 0 radical (unpaired) electrons. The number of hydrogen-bond donors (Lipinski definition) is 1. The van der Waals surface area contributed by atoms with Gasteiger partial charge in [0.05, 0.1) is 11.1 Å². The largest absolute Gasteiger partial charge is 0.335 e. The molecule has 1 atom stereocenters. The van der Waals surface area contributed by atoms with E-state index in [1.165, 1.54) is 0 Å². The number of amides is 1. The summed E-state index contributed by atoms with van der Waals surface area (Å²) in [6.07, 6.45) is 2.77. The zero-order valence-corrected chi connectivity index (χ0v) is 11.7. The van der Waals surface area contributed by atoms with Crippen LogP contribution in [-0.2, 0) is 0 Å². The minimum Gasteiger partial charge on any atom is -0.335 e. The standard InChI is InChI=1S/C16H19N3O/c1-2-19(13-8-10-17-11-13)16(20)14-7-3-5-12-6-4-9-18-15(12)14/h3-7,9,13,17H,2,8,10-11H2,1H3. The van der Waals surface area contributed by atoms with E-state index in [2.05, 4.69) is 10.3 Å². The van der Waals surface area contributed by atoms with E-state index >= 15 is 0 Å². The number of benzene rings is 1. The molecule has 1 N–H and O–H groups in total. The van der Waals surface area contributed by atoms with Crippen molar-refractivity contribution in [3.05, 3.63) is 42.1 Å². The van der Waals surface area contributed by atoms with Gasteiger partial charge in [-0.1, -0.05) is 18.2 Å². The molecule has 1 aliphatic heterocycles. The van der Waals surface area contributed by atoms with Gasteiger partial charge >= 0.3 is 0 Å². The Bertz CT molecular complexity index is 615. The molecule has 1 aliphatic rings. The van der Waals surface area contributed by atoms with Crippen molar-refractivity contribution in [2.24, 2.45) is 0 Å². The van der Waals surface area contributed by atoms with Crippen LogP contribution in [0.5, 0.6) is 0 Å². The molecule has 0 saturated carbocycles. The van der Waals surface area contributed by atoms with Crippen molar-refractivity contribution in [3.63, 3.8) is 0 Å². The predicted octanol–water partition coefficient (Wildman–Crippen LogP) is 2.06. The smallest absolute Gasteiger partial charge is 0.256 e. The summed E-state index contributed by atoms with van der Waals surface area (Å²) in [6.45, 7) is 4.64. The Morgan fingerprint density at radius 3 is 3.00 bits per heavy atom. The van der Waals surface area contributed by atoms with Crippen LogP contribution in [0.25, 0.3) is 10.9 Å². The fourth-order valence-electron chi connectivity index (χ4n) is 2.90. The van der Waals surface area contributed by atoms with E-state index in [1.807, 2.05) is 42.2 Å². The fourth-order valence-corrected chi connectivity index (χ4v) is 2.90. The third-order valence-electron chi connectivity index (χ3n) is 3.94. The normalized spacial score (nSPS) is 18.4. The number of hydrogen-bond acceptors (Lipinski definition) is 3. The lowest BCUT2D eigenvalue weighted by atomic mass is 10.1. The van der Waals surface area contributed by atoms with Crippen LogP contribution in [-0.4, -0.2) is 41.5 Å². The van der Waals surface area contributed by atoms with E-state index in [-0.39, 0.29) is 5.91 Å². The highest BCUT2D eigenvalue weighted by Crippen LogP contribution is 2.20. The first-order valence-electron chi connectivity index (χ1n) is 7.16. The summed E-state index contributed by atoms with van der Waals surface area (Å²) < 4.78 is 0. The van der Waals surface area contributed by atoms with Crippen LogP contribution >= 0.6 is 0 Å². The number of nitrogens with zero attached hydrogens (tertiary/aromatic N) is 2. The molecular weight excluding hydrogens is 250 g/mol. The van der Waals surface area contributed by atoms with Crippen molar-refractivity contribution in [2.75, 3.05) is 19.6 Å². The second-order valence-electron chi connectivity index (χ2n) is 5.12. The van der Waals surface area contributed by atoms with Crippen molar-refractivity contribution < 1.29 is 4.79 Å². The van der Waals surface area contributed by atoms with Gasteiger partial charge in [-0.05, 0) is 32.0 Å². The molecule has 1 aromatic carbocycles. The Balaban J connectivity index is 1.98. The lowest BCUT2D eigenvalue weighted by Crippen LogP contribution is -2.41. The lowest BCUT2D eigenvalue weighted by molar-refractivity contribution is 0.0705. The third kappa shape index (κ3) is 2.27. The van der Waals surface area contributed by atoms with Crippen molar-refractivity contribution >= 4 is 16.8 Å². The van der Waals surface area contributed by atoms with Crippen LogP contribution < -0.4 is 5.32 Å². The van der Waals surface area contributed by atoms with Crippen LogP contribution in [0.3, 0.4) is 0 Å². The van der Waals surface area contributed by atoms with Crippen molar-refractivity contribution in [2.45, 2.75) is 19.4 Å². The van der Waals surface area contributed by atoms with Gasteiger partial charge in [0.15, 0.2) is 0 Å². The van der Waals surface area contributed by atoms with Gasteiger partial charge in [-0.3, -0.25) is 9.78 Å². The average Bonchev–Trinajstić information content (AvgIpc) is 3.01. The molecule has 3 rings (SSSR count). The average molecular weight is 269 g/mol. The lowest BCUT2D eigenvalue weighted by Gasteiger charge is -2.27. The molecule has 2 heterocycles. The van der Waals surface area contributed by atoms with E-state index in [9.17, 15) is 4.79 Å². The second-order valence-corrected chi connectivity index (χ2v) is 5.12. The van der Waals surface area contributed by atoms with Gasteiger partial charge < -0.3 is 10.2 Å². The fraction of sp³-hybridized carbons (Fsp3) is 0.375. The molecule has 104 valence electrons. The van der Waals surface area contributed by atoms with Crippen LogP contribution in [0.2, 0.25) is 0 Å². The first-order valence-corrected chi connectivity index (χ1v) is 7.16. The minimum absolute atomic E-state index is 0.0884. The molecule has 1 fully saturated rings. The van der Waals surface area contributed by atoms with Crippen LogP contribution in [0.4, 0.5) is 0 Å². The van der Waals surface area contributed by atoms with Gasteiger partial charge in [0.2, 0.25) is 0 Å². The third-order valence-corrected chi connectivity index (χ3v) is 3.94. The number of nitrogens with one attached hydrogen (secondary N) is 1. The van der Waals surface area contributed by atoms with Crippen LogP contribution in [0.15, 0.2) is 36.5 Å². The zero-order valence-electron chi connectivity index (χ0n) is 11.7. The summed E-state index contributed by atoms with van der Waals surface area (Å²) in [5.41, 5.74) is 1.50. The Hall–Kier alpha value is -1.94. The van der Waals surface area contributed by atoms with E-state index < -0.39 is 0 Å². The van der Waals surface area contributed by atoms with Crippen molar-refractivity contribution in [1.29, 1.82) is 0 Å². The quantitative estimate of drug-likeness (QED) is 0.927. The molecule has 1 unspecified atom stereocenters. The summed E-state index contributed by atoms with van der Waals surface area (Å²) in [6, 6.07) is 9.99. The SMILES string of the molecule is CCN(C(=O)c1cccc2cccnc12)C1CCNC1. The monoisotopic (exact) mass is 269 g/mol. The number of aromatic nitrogens is 1. The molecule has 2 aromatic rings. The van der Waals surface area contributed by atoms with Gasteiger partial charge in [0, 0.05) is 30.7 Å². The first-order chi connectivity index (χ1) is 9.81. The highest BCUT2D eigenvalue weighted by Gasteiger charge is 2.27. The molecule has 20 heavy (non-hydrogen) atoms. The maximum absolute atomic E-state index is 12.8. The summed E-state index contributed by atoms with van der Waals surface area (Å²) in [7, 11) is 0. The number of carbonyl (C=O) groups excluding carboxylic acids is 1. The summed E-state index contributed by atoms with van der Waals surface area (Å²) >= 11 is 0. The van der Waals surface area contributed by atoms with Gasteiger partial charge in [-0.2, -0.15) is 0 Å². The number of para-hydroxylation sites is 1.